The fourth-order valence-corrected chi connectivity index (χ4v) is 5.85. The lowest BCUT2D eigenvalue weighted by molar-refractivity contribution is -0.113. The summed E-state index contributed by atoms with van der Waals surface area (Å²) in [6, 6.07) is 20.8. The first-order valence-corrected chi connectivity index (χ1v) is 14.6. The minimum absolute atomic E-state index is 0.124. The molecule has 0 aliphatic carbocycles. The van der Waals surface area contributed by atoms with Crippen LogP contribution >= 0.6 is 46.3 Å². The molecule has 0 fully saturated rings. The first-order valence-electron chi connectivity index (χ1n) is 12.0. The second-order valence-corrected chi connectivity index (χ2v) is 11.3. The molecule has 0 saturated heterocycles. The number of para-hydroxylation sites is 1. The number of anilines is 1. The fourth-order valence-electron chi connectivity index (χ4n) is 3.92. The van der Waals surface area contributed by atoms with Crippen LogP contribution in [-0.4, -0.2) is 45.6 Å². The molecule has 12 heteroatoms. The Bertz CT molecular complexity index is 1640. The van der Waals surface area contributed by atoms with Gasteiger partial charge in [0.15, 0.2) is 27.6 Å². The maximum Gasteiger partial charge on any atom is 0.236 e. The van der Waals surface area contributed by atoms with Gasteiger partial charge in [-0.1, -0.05) is 59.2 Å². The predicted molar refractivity (Wildman–Crippen MR) is 161 cm³/mol. The molecule has 0 unspecified atom stereocenters. The van der Waals surface area contributed by atoms with E-state index in [-0.39, 0.29) is 11.7 Å². The third kappa shape index (κ3) is 6.42. The summed E-state index contributed by atoms with van der Waals surface area (Å²) in [4.78, 5) is 18.2. The molecule has 0 aliphatic rings. The largest absolute Gasteiger partial charge is 0.493 e. The topological polar surface area (TPSA) is 91.2 Å². The lowest BCUT2D eigenvalue weighted by atomic mass is 10.1. The molecule has 0 saturated carbocycles. The molecular weight excluding hydrogens is 589 g/mol. The molecule has 0 atom stereocenters. The van der Waals surface area contributed by atoms with Crippen LogP contribution in [0.3, 0.4) is 0 Å². The molecule has 3 aromatic carbocycles. The van der Waals surface area contributed by atoms with E-state index in [1.165, 1.54) is 23.1 Å². The van der Waals surface area contributed by atoms with Crippen LogP contribution in [0.2, 0.25) is 10.0 Å². The first-order chi connectivity index (χ1) is 19.4. The van der Waals surface area contributed by atoms with Crippen LogP contribution in [0.15, 0.2) is 78.1 Å². The van der Waals surface area contributed by atoms with E-state index >= 15 is 0 Å². The molecule has 0 radical (unpaired) electrons. The lowest BCUT2D eigenvalue weighted by Crippen LogP contribution is -2.14. The van der Waals surface area contributed by atoms with Crippen molar-refractivity contribution in [3.8, 4) is 28.6 Å². The van der Waals surface area contributed by atoms with Crippen molar-refractivity contribution in [2.45, 2.75) is 11.6 Å². The highest BCUT2D eigenvalue weighted by Crippen LogP contribution is 2.34. The van der Waals surface area contributed by atoms with Crippen LogP contribution in [0.1, 0.15) is 10.4 Å². The maximum absolute atomic E-state index is 12.8. The molecule has 8 nitrogen and oxygen atoms in total. The van der Waals surface area contributed by atoms with Crippen molar-refractivity contribution >= 4 is 57.3 Å². The van der Waals surface area contributed by atoms with Gasteiger partial charge < -0.3 is 14.8 Å². The number of hydrogen-bond donors (Lipinski definition) is 1. The third-order valence-electron chi connectivity index (χ3n) is 5.78. The second kappa shape index (κ2) is 12.7. The number of thiazole rings is 1. The van der Waals surface area contributed by atoms with Crippen molar-refractivity contribution in [1.29, 1.82) is 0 Å². The monoisotopic (exact) mass is 611 g/mol. The van der Waals surface area contributed by atoms with Crippen molar-refractivity contribution in [3.05, 3.63) is 93.4 Å². The number of nitrogens with zero attached hydrogens (tertiary/aromatic N) is 4. The minimum atomic E-state index is -0.198. The van der Waals surface area contributed by atoms with Crippen LogP contribution in [0.5, 0.6) is 11.5 Å². The van der Waals surface area contributed by atoms with Crippen molar-refractivity contribution < 1.29 is 14.3 Å². The molecule has 2 aromatic heterocycles. The summed E-state index contributed by atoms with van der Waals surface area (Å²) in [6.45, 7) is 0. The van der Waals surface area contributed by atoms with Gasteiger partial charge in [-0.3, -0.25) is 9.36 Å². The molecule has 0 aliphatic heterocycles. The number of nitrogens with one attached hydrogen (secondary N) is 1. The van der Waals surface area contributed by atoms with E-state index in [1.807, 2.05) is 65.2 Å². The van der Waals surface area contributed by atoms with E-state index in [0.717, 1.165) is 21.7 Å². The number of benzene rings is 3. The molecule has 0 bridgehead atoms. The Hall–Kier alpha value is -3.57. The lowest BCUT2D eigenvalue weighted by Gasteiger charge is -2.12. The molecule has 40 heavy (non-hydrogen) atoms. The normalized spacial score (nSPS) is 10.9. The molecule has 5 rings (SSSR count). The Morgan fingerprint density at radius 1 is 0.975 bits per heavy atom. The van der Waals surface area contributed by atoms with Gasteiger partial charge >= 0.3 is 0 Å². The van der Waals surface area contributed by atoms with Crippen molar-refractivity contribution in [3.63, 3.8) is 0 Å². The van der Waals surface area contributed by atoms with Gasteiger partial charge in [-0.05, 0) is 48.0 Å². The number of carbonyl (C=O) groups excluding carboxylic acids is 1. The Morgan fingerprint density at radius 3 is 2.52 bits per heavy atom. The smallest absolute Gasteiger partial charge is 0.236 e. The summed E-state index contributed by atoms with van der Waals surface area (Å²) in [5.41, 5.74) is 2.67. The van der Waals surface area contributed by atoms with Crippen molar-refractivity contribution in [2.75, 3.05) is 25.3 Å². The Morgan fingerprint density at radius 2 is 1.77 bits per heavy atom. The standard InChI is InChI=1S/C28H23Cl2N5O3S2/c1-37-23-11-9-18(14-24(23)38-2)26-33-34-28(35(26)19-6-4-3-5-7-19)39-16-25(36)32-27-31-15-20(40-27)12-17-8-10-21(29)22(30)13-17/h3-11,13-15H,12,16H2,1-2H3,(H,31,32,36). The highest BCUT2D eigenvalue weighted by Gasteiger charge is 2.19. The maximum atomic E-state index is 12.8. The minimum Gasteiger partial charge on any atom is -0.493 e. The van der Waals surface area contributed by atoms with Gasteiger partial charge in [0.1, 0.15) is 0 Å². The van der Waals surface area contributed by atoms with Gasteiger partial charge in [0.25, 0.3) is 0 Å². The molecule has 1 amide bonds. The van der Waals surface area contributed by atoms with Gasteiger partial charge in [-0.15, -0.1) is 21.5 Å². The number of ether oxygens (including phenoxy) is 2. The molecule has 2 heterocycles. The predicted octanol–water partition coefficient (Wildman–Crippen LogP) is 7.04. The second-order valence-electron chi connectivity index (χ2n) is 8.44. The number of halogens is 2. The Labute approximate surface area is 249 Å². The van der Waals surface area contributed by atoms with Gasteiger partial charge in [0.05, 0.1) is 30.0 Å². The third-order valence-corrected chi connectivity index (χ3v) is 8.36. The number of carbonyl (C=O) groups is 1. The van der Waals surface area contributed by atoms with E-state index in [0.29, 0.717) is 44.1 Å². The summed E-state index contributed by atoms with van der Waals surface area (Å²) < 4.78 is 12.8. The van der Waals surface area contributed by atoms with Crippen LogP contribution in [0, 0.1) is 0 Å². The Kier molecular flexibility index (Phi) is 8.91. The van der Waals surface area contributed by atoms with Gasteiger partial charge in [-0.2, -0.15) is 0 Å². The number of aromatic nitrogens is 4. The first kappa shape index (κ1) is 28.0. The quantitative estimate of drug-likeness (QED) is 0.169. The van der Waals surface area contributed by atoms with E-state index in [1.54, 1.807) is 26.5 Å². The number of methoxy groups -OCH3 is 2. The molecule has 204 valence electrons. The van der Waals surface area contributed by atoms with Crippen LogP contribution in [0.25, 0.3) is 17.1 Å². The van der Waals surface area contributed by atoms with Gasteiger partial charge in [0, 0.05) is 28.7 Å². The van der Waals surface area contributed by atoms with Gasteiger partial charge in [-0.25, -0.2) is 4.98 Å². The van der Waals surface area contributed by atoms with Crippen LogP contribution in [-0.2, 0) is 11.2 Å². The van der Waals surface area contributed by atoms with Crippen molar-refractivity contribution in [2.24, 2.45) is 0 Å². The van der Waals surface area contributed by atoms with E-state index < -0.39 is 0 Å². The summed E-state index contributed by atoms with van der Waals surface area (Å²) in [6.07, 6.45) is 2.38. The number of hydrogen-bond acceptors (Lipinski definition) is 8. The molecule has 5 aromatic rings. The Balaban J connectivity index is 1.30. The van der Waals surface area contributed by atoms with E-state index in [9.17, 15) is 4.79 Å². The average Bonchev–Trinajstić information content (AvgIpc) is 3.60. The SMILES string of the molecule is COc1ccc(-c2nnc(SCC(=O)Nc3ncc(Cc4ccc(Cl)c(Cl)c4)s3)n2-c2ccccc2)cc1OC. The van der Waals surface area contributed by atoms with Crippen LogP contribution in [0.4, 0.5) is 5.13 Å². The number of amides is 1. The van der Waals surface area contributed by atoms with Crippen LogP contribution < -0.4 is 14.8 Å². The summed E-state index contributed by atoms with van der Waals surface area (Å²) in [5, 5.41) is 13.8. The molecule has 1 N–H and O–H groups in total. The highest BCUT2D eigenvalue weighted by atomic mass is 35.5. The summed E-state index contributed by atoms with van der Waals surface area (Å²) in [5.74, 6) is 1.74. The number of thioether (sulfide) groups is 1. The summed E-state index contributed by atoms with van der Waals surface area (Å²) >= 11 is 14.8. The number of rotatable bonds is 10. The van der Waals surface area contributed by atoms with E-state index in [4.69, 9.17) is 32.7 Å². The zero-order valence-electron chi connectivity index (χ0n) is 21.4. The fraction of sp³-hybridized carbons (Fsp3) is 0.143. The zero-order chi connectivity index (χ0) is 28.1. The average molecular weight is 613 g/mol. The summed E-state index contributed by atoms with van der Waals surface area (Å²) in [7, 11) is 3.17. The van der Waals surface area contributed by atoms with Crippen molar-refractivity contribution in [1.82, 2.24) is 19.7 Å². The van der Waals surface area contributed by atoms with E-state index in [2.05, 4.69) is 20.5 Å². The van der Waals surface area contributed by atoms with Gasteiger partial charge in [0.2, 0.25) is 5.91 Å². The highest BCUT2D eigenvalue weighted by molar-refractivity contribution is 7.99. The molecule has 0 spiro atoms. The zero-order valence-corrected chi connectivity index (χ0v) is 24.6. The molecular formula is C28H23Cl2N5O3S2.